The van der Waals surface area contributed by atoms with Gasteiger partial charge in [0.2, 0.25) is 0 Å². The van der Waals surface area contributed by atoms with Crippen LogP contribution in [0, 0.1) is 24.7 Å². The van der Waals surface area contributed by atoms with Gasteiger partial charge in [-0.05, 0) is 62.1 Å². The van der Waals surface area contributed by atoms with Gasteiger partial charge in [-0.25, -0.2) is 0 Å². The number of nitrogens with one attached hydrogen (secondary N) is 1. The van der Waals surface area contributed by atoms with E-state index in [1.54, 1.807) is 0 Å². The van der Waals surface area contributed by atoms with Gasteiger partial charge in [-0.3, -0.25) is 4.98 Å². The van der Waals surface area contributed by atoms with Gasteiger partial charge in [0.05, 0.1) is 0 Å². The molecule has 0 saturated heterocycles. The average Bonchev–Trinajstić information content (AvgIpc) is 3.03. The molecule has 1 heterocycles. The summed E-state index contributed by atoms with van der Waals surface area (Å²) in [6.07, 6.45) is 8.95. The molecule has 1 N–H and O–H groups in total. The van der Waals surface area contributed by atoms with Gasteiger partial charge in [0.15, 0.2) is 0 Å². The van der Waals surface area contributed by atoms with Crippen LogP contribution in [0.5, 0.6) is 0 Å². The van der Waals surface area contributed by atoms with Crippen molar-refractivity contribution in [2.45, 2.75) is 52.0 Å². The molecule has 0 aromatic carbocycles. The number of fused-ring (bicyclic) bond motifs is 2. The monoisotopic (exact) mass is 258 g/mol. The molecule has 3 rings (SSSR count). The summed E-state index contributed by atoms with van der Waals surface area (Å²) in [6, 6.07) is 4.86. The fourth-order valence-electron chi connectivity index (χ4n) is 4.36. The van der Waals surface area contributed by atoms with Crippen molar-refractivity contribution < 1.29 is 0 Å². The number of rotatable bonds is 5. The Morgan fingerprint density at radius 3 is 2.89 bits per heavy atom. The highest BCUT2D eigenvalue weighted by Gasteiger charge is 2.42. The fraction of sp³-hybridized carbons (Fsp3) is 0.706. The minimum absolute atomic E-state index is 0.633. The first-order valence-corrected chi connectivity index (χ1v) is 7.91. The van der Waals surface area contributed by atoms with E-state index in [1.807, 2.05) is 12.3 Å². The first-order valence-electron chi connectivity index (χ1n) is 7.91. The molecule has 2 saturated carbocycles. The third kappa shape index (κ3) is 2.69. The molecule has 2 nitrogen and oxygen atoms in total. The maximum absolute atomic E-state index is 4.59. The molecule has 2 aliphatic rings. The van der Waals surface area contributed by atoms with Gasteiger partial charge in [0.25, 0.3) is 0 Å². The Labute approximate surface area is 117 Å². The lowest BCUT2D eigenvalue weighted by Crippen LogP contribution is -2.40. The summed E-state index contributed by atoms with van der Waals surface area (Å²) in [5.74, 6) is 2.90. The lowest BCUT2D eigenvalue weighted by molar-refractivity contribution is 0.248. The lowest BCUT2D eigenvalue weighted by atomic mass is 9.81. The fourth-order valence-corrected chi connectivity index (χ4v) is 4.36. The standard InChI is InChI=1S/C17H26N2/c1-3-18-17(11-16-12(2)5-4-8-19-16)15-10-13-6-7-14(15)9-13/h4-5,8,13-15,17-18H,3,6-7,9-11H2,1-2H3. The number of hydrogen-bond donors (Lipinski definition) is 1. The molecule has 0 amide bonds. The van der Waals surface area contributed by atoms with Gasteiger partial charge in [-0.15, -0.1) is 0 Å². The zero-order chi connectivity index (χ0) is 13.2. The second-order valence-electron chi connectivity index (χ2n) is 6.47. The molecule has 2 aliphatic carbocycles. The predicted molar refractivity (Wildman–Crippen MR) is 79.1 cm³/mol. The van der Waals surface area contributed by atoms with Crippen molar-refractivity contribution in [2.24, 2.45) is 17.8 Å². The third-order valence-electron chi connectivity index (χ3n) is 5.31. The molecule has 0 spiro atoms. The van der Waals surface area contributed by atoms with Crippen molar-refractivity contribution in [3.63, 3.8) is 0 Å². The summed E-state index contributed by atoms with van der Waals surface area (Å²) in [5.41, 5.74) is 2.63. The molecular formula is C17H26N2. The van der Waals surface area contributed by atoms with Gasteiger partial charge >= 0.3 is 0 Å². The smallest absolute Gasteiger partial charge is 0.0448 e. The molecule has 1 aromatic rings. The van der Waals surface area contributed by atoms with E-state index in [-0.39, 0.29) is 0 Å². The van der Waals surface area contributed by atoms with Crippen molar-refractivity contribution in [1.29, 1.82) is 0 Å². The van der Waals surface area contributed by atoms with E-state index in [2.05, 4.69) is 30.2 Å². The van der Waals surface area contributed by atoms with Crippen LogP contribution < -0.4 is 5.32 Å². The first-order chi connectivity index (χ1) is 9.28. The van der Waals surface area contributed by atoms with Crippen LogP contribution in [0.1, 0.15) is 43.9 Å². The zero-order valence-corrected chi connectivity index (χ0v) is 12.2. The van der Waals surface area contributed by atoms with Crippen molar-refractivity contribution >= 4 is 0 Å². The van der Waals surface area contributed by atoms with Crippen LogP contribution in [0.2, 0.25) is 0 Å². The highest BCUT2D eigenvalue weighted by molar-refractivity contribution is 5.19. The minimum Gasteiger partial charge on any atom is -0.314 e. The van der Waals surface area contributed by atoms with Gasteiger partial charge in [0.1, 0.15) is 0 Å². The summed E-state index contributed by atoms with van der Waals surface area (Å²) in [5, 5.41) is 3.75. The predicted octanol–water partition coefficient (Wildman–Crippen LogP) is 3.35. The molecule has 104 valence electrons. The normalized spacial score (nSPS) is 30.7. The minimum atomic E-state index is 0.633. The lowest BCUT2D eigenvalue weighted by Gasteiger charge is -2.31. The number of likely N-dealkylation sites (N-methyl/N-ethyl adjacent to an activating group) is 1. The number of nitrogens with zero attached hydrogens (tertiary/aromatic N) is 1. The van der Waals surface area contributed by atoms with E-state index in [0.717, 1.165) is 30.7 Å². The van der Waals surface area contributed by atoms with Crippen LogP contribution in [-0.4, -0.2) is 17.6 Å². The second kappa shape index (κ2) is 5.62. The molecule has 2 fully saturated rings. The first kappa shape index (κ1) is 13.1. The molecule has 19 heavy (non-hydrogen) atoms. The number of aromatic nitrogens is 1. The molecular weight excluding hydrogens is 232 g/mol. The number of hydrogen-bond acceptors (Lipinski definition) is 2. The van der Waals surface area contributed by atoms with Crippen LogP contribution in [0.15, 0.2) is 18.3 Å². The van der Waals surface area contributed by atoms with Crippen LogP contribution in [-0.2, 0) is 6.42 Å². The van der Waals surface area contributed by atoms with Gasteiger partial charge < -0.3 is 5.32 Å². The van der Waals surface area contributed by atoms with E-state index in [9.17, 15) is 0 Å². The van der Waals surface area contributed by atoms with Crippen molar-refractivity contribution in [3.8, 4) is 0 Å². The highest BCUT2D eigenvalue weighted by atomic mass is 14.9. The quantitative estimate of drug-likeness (QED) is 0.876. The maximum atomic E-state index is 4.59. The molecule has 0 radical (unpaired) electrons. The van der Waals surface area contributed by atoms with Crippen molar-refractivity contribution in [1.82, 2.24) is 10.3 Å². The number of aryl methyl sites for hydroxylation is 1. The van der Waals surface area contributed by atoms with Crippen LogP contribution in [0.3, 0.4) is 0 Å². The largest absolute Gasteiger partial charge is 0.314 e. The summed E-state index contributed by atoms with van der Waals surface area (Å²) < 4.78 is 0. The summed E-state index contributed by atoms with van der Waals surface area (Å²) >= 11 is 0. The van der Waals surface area contributed by atoms with Crippen LogP contribution >= 0.6 is 0 Å². The molecule has 2 heteroatoms. The van der Waals surface area contributed by atoms with Gasteiger partial charge in [0, 0.05) is 24.4 Å². The summed E-state index contributed by atoms with van der Waals surface area (Å²) in [6.45, 7) is 5.49. The Morgan fingerprint density at radius 2 is 2.26 bits per heavy atom. The van der Waals surface area contributed by atoms with E-state index >= 15 is 0 Å². The Morgan fingerprint density at radius 1 is 1.37 bits per heavy atom. The molecule has 0 aliphatic heterocycles. The summed E-state index contributed by atoms with van der Waals surface area (Å²) in [4.78, 5) is 4.59. The molecule has 2 bridgehead atoms. The van der Waals surface area contributed by atoms with E-state index in [0.29, 0.717) is 6.04 Å². The Bertz CT molecular complexity index is 429. The Hall–Kier alpha value is -0.890. The van der Waals surface area contributed by atoms with Crippen LogP contribution in [0.4, 0.5) is 0 Å². The van der Waals surface area contributed by atoms with Crippen molar-refractivity contribution in [3.05, 3.63) is 29.6 Å². The van der Waals surface area contributed by atoms with Crippen molar-refractivity contribution in [2.75, 3.05) is 6.54 Å². The van der Waals surface area contributed by atoms with Gasteiger partial charge in [-0.1, -0.05) is 19.4 Å². The van der Waals surface area contributed by atoms with Gasteiger partial charge in [-0.2, -0.15) is 0 Å². The Balaban J connectivity index is 1.73. The maximum Gasteiger partial charge on any atom is 0.0448 e. The van der Waals surface area contributed by atoms with Crippen LogP contribution in [0.25, 0.3) is 0 Å². The highest BCUT2D eigenvalue weighted by Crippen LogP contribution is 2.49. The zero-order valence-electron chi connectivity index (χ0n) is 12.2. The second-order valence-corrected chi connectivity index (χ2v) is 6.47. The average molecular weight is 258 g/mol. The third-order valence-corrected chi connectivity index (χ3v) is 5.31. The molecule has 4 atom stereocenters. The number of pyridine rings is 1. The topological polar surface area (TPSA) is 24.9 Å². The SMILES string of the molecule is CCNC(Cc1ncccc1C)C1CC2CCC1C2. The Kier molecular flexibility index (Phi) is 3.88. The van der Waals surface area contributed by atoms with E-state index in [1.165, 1.54) is 36.9 Å². The molecule has 4 unspecified atom stereocenters. The molecule has 1 aromatic heterocycles. The van der Waals surface area contributed by atoms with E-state index < -0.39 is 0 Å². The summed E-state index contributed by atoms with van der Waals surface area (Å²) in [7, 11) is 0. The van der Waals surface area contributed by atoms with E-state index in [4.69, 9.17) is 0 Å².